The molecule has 0 spiro atoms. The minimum absolute atomic E-state index is 0.584. The highest BCUT2D eigenvalue weighted by atomic mass is 79.9. The molecule has 5 heteroatoms. The van der Waals surface area contributed by atoms with E-state index in [9.17, 15) is 0 Å². The van der Waals surface area contributed by atoms with E-state index < -0.39 is 0 Å². The predicted octanol–water partition coefficient (Wildman–Crippen LogP) is 2.55. The highest BCUT2D eigenvalue weighted by Gasteiger charge is 2.30. The largest absolute Gasteiger partial charge is 0.304 e. The van der Waals surface area contributed by atoms with Crippen LogP contribution >= 0.6 is 27.7 Å². The zero-order valence-electron chi connectivity index (χ0n) is 7.83. The smallest absolute Gasteiger partial charge is 0.167 e. The molecular weight excluding hydrogens is 274 g/mol. The second-order valence-corrected chi connectivity index (χ2v) is 5.35. The van der Waals surface area contributed by atoms with Gasteiger partial charge in [0, 0.05) is 21.5 Å². The number of halogens is 1. The van der Waals surface area contributed by atoms with E-state index in [2.05, 4.69) is 27.0 Å². The molecule has 0 atom stereocenters. The molecule has 0 aromatic heterocycles. The molecule has 0 unspecified atom stereocenters. The van der Waals surface area contributed by atoms with Gasteiger partial charge >= 0.3 is 0 Å². The van der Waals surface area contributed by atoms with Crippen LogP contribution in [0.3, 0.4) is 0 Å². The summed E-state index contributed by atoms with van der Waals surface area (Å²) in [4.78, 5) is 7.55. The number of amidine groups is 2. The number of fused-ring (bicyclic) bond motifs is 3. The first kappa shape index (κ1) is 9.42. The van der Waals surface area contributed by atoms with Crippen molar-refractivity contribution in [2.75, 3.05) is 13.1 Å². The molecule has 2 aliphatic heterocycles. The Morgan fingerprint density at radius 2 is 2.33 bits per heavy atom. The molecule has 0 radical (unpaired) electrons. The first-order chi connectivity index (χ1) is 7.25. The van der Waals surface area contributed by atoms with Crippen molar-refractivity contribution in [2.45, 2.75) is 4.90 Å². The van der Waals surface area contributed by atoms with Crippen LogP contribution in [0.2, 0.25) is 0 Å². The van der Waals surface area contributed by atoms with Crippen molar-refractivity contribution in [3.05, 3.63) is 28.2 Å². The van der Waals surface area contributed by atoms with Crippen molar-refractivity contribution in [1.82, 2.24) is 4.90 Å². The molecule has 2 heterocycles. The Bertz CT molecular complexity index is 484. The van der Waals surface area contributed by atoms with Crippen molar-refractivity contribution in [1.29, 1.82) is 5.41 Å². The second kappa shape index (κ2) is 3.35. The van der Waals surface area contributed by atoms with Crippen molar-refractivity contribution in [2.24, 2.45) is 4.99 Å². The van der Waals surface area contributed by atoms with Crippen LogP contribution in [-0.2, 0) is 0 Å². The summed E-state index contributed by atoms with van der Waals surface area (Å²) < 4.78 is 1.06. The highest BCUT2D eigenvalue weighted by Crippen LogP contribution is 2.34. The first-order valence-electron chi connectivity index (χ1n) is 4.64. The Kier molecular flexibility index (Phi) is 2.10. The van der Waals surface area contributed by atoms with Gasteiger partial charge in [-0.15, -0.1) is 0 Å². The van der Waals surface area contributed by atoms with Gasteiger partial charge in [-0.2, -0.15) is 0 Å². The lowest BCUT2D eigenvalue weighted by Gasteiger charge is -2.27. The van der Waals surface area contributed by atoms with Crippen LogP contribution in [0.5, 0.6) is 0 Å². The fraction of sp³-hybridized carbons (Fsp3) is 0.200. The molecule has 0 fully saturated rings. The zero-order chi connectivity index (χ0) is 10.4. The Morgan fingerprint density at radius 1 is 1.47 bits per heavy atom. The normalized spacial score (nSPS) is 18.6. The monoisotopic (exact) mass is 281 g/mol. The Balaban J connectivity index is 2.20. The van der Waals surface area contributed by atoms with Crippen molar-refractivity contribution in [3.8, 4) is 0 Å². The lowest BCUT2D eigenvalue weighted by molar-refractivity contribution is 0.670. The first-order valence-corrected chi connectivity index (χ1v) is 6.25. The number of benzene rings is 1. The molecule has 1 N–H and O–H groups in total. The van der Waals surface area contributed by atoms with Gasteiger partial charge in [0.2, 0.25) is 0 Å². The van der Waals surface area contributed by atoms with Gasteiger partial charge in [-0.3, -0.25) is 10.4 Å². The molecule has 3 nitrogen and oxygen atoms in total. The van der Waals surface area contributed by atoms with Gasteiger partial charge in [0.1, 0.15) is 5.84 Å². The maximum atomic E-state index is 7.90. The van der Waals surface area contributed by atoms with E-state index in [0.717, 1.165) is 33.9 Å². The van der Waals surface area contributed by atoms with Crippen LogP contribution in [0.4, 0.5) is 0 Å². The third-order valence-electron chi connectivity index (χ3n) is 2.48. The van der Waals surface area contributed by atoms with Crippen LogP contribution in [0, 0.1) is 5.41 Å². The summed E-state index contributed by atoms with van der Waals surface area (Å²) in [6.45, 7) is 1.64. The van der Waals surface area contributed by atoms with E-state index in [1.165, 1.54) is 11.8 Å². The molecule has 2 aliphatic rings. The van der Waals surface area contributed by atoms with E-state index in [1.54, 1.807) is 0 Å². The summed E-state index contributed by atoms with van der Waals surface area (Å²) in [5.41, 5.74) is 1.14. The van der Waals surface area contributed by atoms with Gasteiger partial charge < -0.3 is 4.90 Å². The van der Waals surface area contributed by atoms with Crippen LogP contribution in [0.1, 0.15) is 5.56 Å². The average molecular weight is 282 g/mol. The molecule has 0 bridgehead atoms. The summed E-state index contributed by atoms with van der Waals surface area (Å²) in [6.07, 6.45) is 0. The molecule has 0 saturated carbocycles. The average Bonchev–Trinajstić information content (AvgIpc) is 2.69. The topological polar surface area (TPSA) is 39.5 Å². The fourth-order valence-electron chi connectivity index (χ4n) is 1.80. The summed E-state index contributed by atoms with van der Waals surface area (Å²) >= 11 is 4.97. The molecule has 0 aliphatic carbocycles. The number of nitrogens with zero attached hydrogens (tertiary/aromatic N) is 2. The van der Waals surface area contributed by atoms with Crippen LogP contribution in [0.25, 0.3) is 0 Å². The number of aliphatic imine (C=N–C) groups is 1. The van der Waals surface area contributed by atoms with Gasteiger partial charge in [-0.25, -0.2) is 0 Å². The van der Waals surface area contributed by atoms with Gasteiger partial charge in [0.15, 0.2) is 5.17 Å². The van der Waals surface area contributed by atoms with E-state index >= 15 is 0 Å². The van der Waals surface area contributed by atoms with E-state index in [-0.39, 0.29) is 0 Å². The van der Waals surface area contributed by atoms with E-state index in [4.69, 9.17) is 5.41 Å². The number of hydrogen-bond acceptors (Lipinski definition) is 3. The maximum Gasteiger partial charge on any atom is 0.167 e. The quantitative estimate of drug-likeness (QED) is 0.794. The van der Waals surface area contributed by atoms with Gasteiger partial charge in [0.05, 0.1) is 6.54 Å². The SMILES string of the molecule is N=C1Sc2ccc(Br)cc2C2=NCCN12. The summed E-state index contributed by atoms with van der Waals surface area (Å²) in [7, 11) is 0. The number of thioether (sulfide) groups is 1. The fourth-order valence-corrected chi connectivity index (χ4v) is 3.05. The summed E-state index contributed by atoms with van der Waals surface area (Å²) in [5, 5.41) is 8.48. The minimum atomic E-state index is 0.584. The molecule has 0 amide bonds. The predicted molar refractivity (Wildman–Crippen MR) is 65.8 cm³/mol. The van der Waals surface area contributed by atoms with E-state index in [0.29, 0.717) is 5.17 Å². The van der Waals surface area contributed by atoms with Crippen molar-refractivity contribution < 1.29 is 0 Å². The maximum absolute atomic E-state index is 7.90. The van der Waals surface area contributed by atoms with Crippen molar-refractivity contribution >= 4 is 38.7 Å². The molecule has 1 aromatic carbocycles. The van der Waals surface area contributed by atoms with Crippen molar-refractivity contribution in [3.63, 3.8) is 0 Å². The standard InChI is InChI=1S/C10H8BrN3S/c11-6-1-2-8-7(5-6)9-13-3-4-14(9)10(12)15-8/h1-2,5,12H,3-4H2. The second-order valence-electron chi connectivity index (χ2n) is 3.40. The van der Waals surface area contributed by atoms with Crippen LogP contribution in [-0.4, -0.2) is 29.0 Å². The molecule has 1 aromatic rings. The molecule has 3 rings (SSSR count). The lowest BCUT2D eigenvalue weighted by atomic mass is 10.2. The number of hydrogen-bond donors (Lipinski definition) is 1. The molecule has 76 valence electrons. The lowest BCUT2D eigenvalue weighted by Crippen LogP contribution is -2.35. The zero-order valence-corrected chi connectivity index (χ0v) is 10.2. The van der Waals surface area contributed by atoms with Gasteiger partial charge in [-0.1, -0.05) is 27.7 Å². The summed E-state index contributed by atoms with van der Waals surface area (Å²) in [5.74, 6) is 0.954. The molecule has 15 heavy (non-hydrogen) atoms. The van der Waals surface area contributed by atoms with Gasteiger partial charge in [0.25, 0.3) is 0 Å². The molecular formula is C10H8BrN3S. The Morgan fingerprint density at radius 3 is 3.20 bits per heavy atom. The minimum Gasteiger partial charge on any atom is -0.304 e. The number of rotatable bonds is 0. The summed E-state index contributed by atoms with van der Waals surface area (Å²) in [6, 6.07) is 6.12. The molecule has 0 saturated heterocycles. The number of nitrogens with one attached hydrogen (secondary N) is 1. The van der Waals surface area contributed by atoms with Crippen LogP contribution in [0.15, 0.2) is 32.6 Å². The van der Waals surface area contributed by atoms with Gasteiger partial charge in [-0.05, 0) is 18.2 Å². The highest BCUT2D eigenvalue weighted by molar-refractivity contribution is 9.10. The Labute approximate surface area is 100 Å². The van der Waals surface area contributed by atoms with E-state index in [1.807, 2.05) is 17.0 Å². The third kappa shape index (κ3) is 1.41. The third-order valence-corrected chi connectivity index (χ3v) is 3.96. The Hall–Kier alpha value is -0.810. The van der Waals surface area contributed by atoms with Crippen LogP contribution < -0.4 is 0 Å².